The maximum Gasteiger partial charge on any atom is 1.00 e. The van der Waals surface area contributed by atoms with Crippen molar-refractivity contribution in [3.8, 4) is 0 Å². The molecule has 0 N–H and O–H groups in total. The Morgan fingerprint density at radius 2 is 1.38 bits per heavy atom. The first kappa shape index (κ1) is 22.0. The van der Waals surface area contributed by atoms with Crippen molar-refractivity contribution >= 4 is 14.1 Å². The second kappa shape index (κ2) is 9.57. The standard InChI is InChI=1S/C21H32OP.Li/c1-13(2)16-11-18(14(3)4)20(19(12-16)15(5)6)21(22)23-17-9-7-8-10-17;/h11-15,17H,7-10H2,1-6H3;/q-1;+1. The smallest absolute Gasteiger partial charge is 0.456 e. The molecule has 0 spiro atoms. The van der Waals surface area contributed by atoms with Crippen LogP contribution >= 0.6 is 8.58 Å². The van der Waals surface area contributed by atoms with Gasteiger partial charge in [-0.15, -0.1) is 0 Å². The van der Waals surface area contributed by atoms with Gasteiger partial charge in [0.05, 0.1) is 0 Å². The normalized spacial score (nSPS) is 15.9. The zero-order valence-electron chi connectivity index (χ0n) is 16.6. The first-order chi connectivity index (χ1) is 10.8. The van der Waals surface area contributed by atoms with Gasteiger partial charge >= 0.3 is 18.9 Å². The minimum Gasteiger partial charge on any atom is -0.456 e. The van der Waals surface area contributed by atoms with Crippen LogP contribution in [0.15, 0.2) is 12.1 Å². The molecule has 0 saturated heterocycles. The third-order valence-electron chi connectivity index (χ3n) is 4.97. The molecular formula is C21H32LiOP. The van der Waals surface area contributed by atoms with Crippen LogP contribution in [0.2, 0.25) is 0 Å². The van der Waals surface area contributed by atoms with Crippen molar-refractivity contribution in [3.05, 3.63) is 34.4 Å². The Morgan fingerprint density at radius 3 is 1.75 bits per heavy atom. The minimum atomic E-state index is 0. The van der Waals surface area contributed by atoms with Crippen LogP contribution < -0.4 is 18.9 Å². The number of carbonyl (C=O) groups excluding carboxylic acids is 1. The summed E-state index contributed by atoms with van der Waals surface area (Å²) in [4.78, 5) is 13.1. The Labute approximate surface area is 162 Å². The predicted molar refractivity (Wildman–Crippen MR) is 102 cm³/mol. The monoisotopic (exact) mass is 338 g/mol. The van der Waals surface area contributed by atoms with Gasteiger partial charge in [-0.1, -0.05) is 79.4 Å². The van der Waals surface area contributed by atoms with Gasteiger partial charge in [0.1, 0.15) is 0 Å². The van der Waals surface area contributed by atoms with E-state index in [4.69, 9.17) is 0 Å². The third kappa shape index (κ3) is 5.21. The van der Waals surface area contributed by atoms with Crippen LogP contribution in [-0.2, 0) is 0 Å². The van der Waals surface area contributed by atoms with Crippen molar-refractivity contribution in [2.45, 2.75) is 90.6 Å². The summed E-state index contributed by atoms with van der Waals surface area (Å²) in [7, 11) is 1.03. The fourth-order valence-electron chi connectivity index (χ4n) is 3.47. The number of carbonyl (C=O) groups is 1. The Bertz CT molecular complexity index is 528. The van der Waals surface area contributed by atoms with Crippen molar-refractivity contribution in [2.75, 3.05) is 0 Å². The van der Waals surface area contributed by atoms with Crippen LogP contribution in [0.1, 0.15) is 112 Å². The molecule has 1 aromatic rings. The van der Waals surface area contributed by atoms with Crippen LogP contribution in [0.25, 0.3) is 0 Å². The van der Waals surface area contributed by atoms with Gasteiger partial charge in [-0.05, 0) is 40.0 Å². The molecule has 1 saturated carbocycles. The molecule has 1 aromatic carbocycles. The summed E-state index contributed by atoms with van der Waals surface area (Å²) < 4.78 is 0. The SMILES string of the molecule is CC(C)c1cc(C(C)C)c(C(=O)[P-]C2CCCC2)c(C(C)C)c1.[Li+]. The van der Waals surface area contributed by atoms with E-state index in [1.165, 1.54) is 42.4 Å². The van der Waals surface area contributed by atoms with E-state index < -0.39 is 0 Å². The van der Waals surface area contributed by atoms with Crippen molar-refractivity contribution in [3.63, 3.8) is 0 Å². The predicted octanol–water partition coefficient (Wildman–Crippen LogP) is 4.09. The van der Waals surface area contributed by atoms with Gasteiger partial charge in [0, 0.05) is 5.52 Å². The van der Waals surface area contributed by atoms with E-state index in [0.29, 0.717) is 28.9 Å². The van der Waals surface area contributed by atoms with E-state index >= 15 is 0 Å². The van der Waals surface area contributed by atoms with Crippen LogP contribution in [0.4, 0.5) is 0 Å². The average Bonchev–Trinajstić information content (AvgIpc) is 2.98. The summed E-state index contributed by atoms with van der Waals surface area (Å²) in [5.41, 5.74) is 5.87. The Morgan fingerprint density at radius 1 is 0.917 bits per heavy atom. The number of hydrogen-bond acceptors (Lipinski definition) is 1. The van der Waals surface area contributed by atoms with Crippen molar-refractivity contribution in [1.29, 1.82) is 0 Å². The van der Waals surface area contributed by atoms with Gasteiger partial charge in [0.15, 0.2) is 0 Å². The maximum atomic E-state index is 13.1. The molecule has 24 heavy (non-hydrogen) atoms. The van der Waals surface area contributed by atoms with E-state index in [1.807, 2.05) is 0 Å². The van der Waals surface area contributed by atoms with Crippen LogP contribution in [0.3, 0.4) is 0 Å². The molecule has 1 aliphatic rings. The van der Waals surface area contributed by atoms with Crippen LogP contribution in [0, 0.1) is 0 Å². The summed E-state index contributed by atoms with van der Waals surface area (Å²) in [6, 6.07) is 4.58. The van der Waals surface area contributed by atoms with Crippen LogP contribution in [0.5, 0.6) is 0 Å². The molecule has 1 nitrogen and oxygen atoms in total. The Hall–Kier alpha value is -0.0826. The van der Waals surface area contributed by atoms with Gasteiger partial charge < -0.3 is 13.4 Å². The molecule has 0 heterocycles. The molecular weight excluding hydrogens is 306 g/mol. The number of benzene rings is 1. The van der Waals surface area contributed by atoms with E-state index in [9.17, 15) is 4.79 Å². The zero-order chi connectivity index (χ0) is 17.1. The largest absolute Gasteiger partial charge is 1.00 e. The summed E-state index contributed by atoms with van der Waals surface area (Å²) in [6.45, 7) is 13.3. The molecule has 1 fully saturated rings. The molecule has 128 valence electrons. The summed E-state index contributed by atoms with van der Waals surface area (Å²) in [6.07, 6.45) is 5.05. The topological polar surface area (TPSA) is 17.1 Å². The second-order valence-corrected chi connectivity index (χ2v) is 9.31. The molecule has 0 amide bonds. The molecule has 3 heteroatoms. The average molecular weight is 338 g/mol. The van der Waals surface area contributed by atoms with Gasteiger partial charge in [0.25, 0.3) is 0 Å². The van der Waals surface area contributed by atoms with Crippen molar-refractivity contribution in [1.82, 2.24) is 0 Å². The number of hydrogen-bond donors (Lipinski definition) is 0. The minimum absolute atomic E-state index is 0. The second-order valence-electron chi connectivity index (χ2n) is 7.91. The van der Waals surface area contributed by atoms with Gasteiger partial charge in [-0.2, -0.15) is 5.66 Å². The molecule has 0 radical (unpaired) electrons. The third-order valence-corrected chi connectivity index (χ3v) is 6.31. The molecule has 1 aliphatic carbocycles. The summed E-state index contributed by atoms with van der Waals surface area (Å²) >= 11 is 0. The number of rotatable bonds is 6. The summed E-state index contributed by atoms with van der Waals surface area (Å²) in [5, 5.41) is 0. The Balaban J connectivity index is 0.00000288. The van der Waals surface area contributed by atoms with Gasteiger partial charge in [-0.3, -0.25) is 0 Å². The summed E-state index contributed by atoms with van der Waals surface area (Å²) in [5.74, 6) is 1.29. The van der Waals surface area contributed by atoms with E-state index in [2.05, 4.69) is 53.7 Å². The molecule has 2 rings (SSSR count). The van der Waals surface area contributed by atoms with E-state index in [0.717, 1.165) is 14.1 Å². The van der Waals surface area contributed by atoms with E-state index in [1.54, 1.807) is 0 Å². The molecule has 0 unspecified atom stereocenters. The first-order valence-corrected chi connectivity index (χ1v) is 10.2. The fraction of sp³-hybridized carbons (Fsp3) is 0.667. The van der Waals surface area contributed by atoms with Gasteiger partial charge in [-0.25, -0.2) is 0 Å². The molecule has 0 atom stereocenters. The Kier molecular flexibility index (Phi) is 8.76. The first-order valence-electron chi connectivity index (χ1n) is 9.24. The van der Waals surface area contributed by atoms with Crippen molar-refractivity contribution in [2.24, 2.45) is 0 Å². The fourth-order valence-corrected chi connectivity index (χ4v) is 4.81. The van der Waals surface area contributed by atoms with Crippen molar-refractivity contribution < 1.29 is 23.7 Å². The maximum absolute atomic E-state index is 13.1. The molecule has 0 aromatic heterocycles. The van der Waals surface area contributed by atoms with Gasteiger partial charge in [0.2, 0.25) is 0 Å². The van der Waals surface area contributed by atoms with Crippen LogP contribution in [-0.4, -0.2) is 11.2 Å². The molecule has 0 bridgehead atoms. The zero-order valence-corrected chi connectivity index (χ0v) is 17.5. The molecule has 0 aliphatic heterocycles. The van der Waals surface area contributed by atoms with E-state index in [-0.39, 0.29) is 18.9 Å². The quantitative estimate of drug-likeness (QED) is 0.564.